The molecular weight excluding hydrogens is 471 g/mol. The minimum atomic E-state index is -3.87. The van der Waals surface area contributed by atoms with Crippen molar-refractivity contribution in [3.05, 3.63) is 65.5 Å². The molecule has 0 saturated heterocycles. The van der Waals surface area contributed by atoms with Gasteiger partial charge in [0.1, 0.15) is 11.9 Å². The van der Waals surface area contributed by atoms with Gasteiger partial charge in [0.15, 0.2) is 4.34 Å². The second-order valence-corrected chi connectivity index (χ2v) is 11.3. The smallest absolute Gasteiger partial charge is 0.244 e. The Kier molecular flexibility index (Phi) is 7.99. The van der Waals surface area contributed by atoms with Gasteiger partial charge in [-0.15, -0.1) is 10.2 Å². The van der Waals surface area contributed by atoms with Crippen LogP contribution in [0.4, 0.5) is 9.52 Å². The number of carbonyl (C=O) groups excluding carboxylic acids is 1. The molecule has 0 aliphatic rings. The van der Waals surface area contributed by atoms with Crippen molar-refractivity contribution in [3.63, 3.8) is 0 Å². The number of amides is 1. The summed E-state index contributed by atoms with van der Waals surface area (Å²) < 4.78 is 41.6. The van der Waals surface area contributed by atoms with Crippen LogP contribution >= 0.6 is 23.1 Å². The summed E-state index contributed by atoms with van der Waals surface area (Å²) in [5.74, 6) is -0.525. The number of aryl methyl sites for hydroxylation is 1. The number of carbonyl (C=O) groups is 1. The van der Waals surface area contributed by atoms with E-state index in [0.717, 1.165) is 11.1 Å². The SMILES string of the molecule is Cc1ccc(S(=O)(=O)NC(C(=O)Nc2nnc(SCc3ccc(F)cc3)s2)C(C)C)cc1. The van der Waals surface area contributed by atoms with Gasteiger partial charge in [0.2, 0.25) is 21.1 Å². The summed E-state index contributed by atoms with van der Waals surface area (Å²) in [5.41, 5.74) is 1.87. The number of thioether (sulfide) groups is 1. The minimum Gasteiger partial charge on any atom is -0.299 e. The maximum atomic E-state index is 13.0. The van der Waals surface area contributed by atoms with Crippen LogP contribution < -0.4 is 10.0 Å². The van der Waals surface area contributed by atoms with Crippen molar-refractivity contribution in [3.8, 4) is 0 Å². The molecule has 7 nitrogen and oxygen atoms in total. The first-order chi connectivity index (χ1) is 15.1. The van der Waals surface area contributed by atoms with E-state index in [4.69, 9.17) is 0 Å². The van der Waals surface area contributed by atoms with Crippen LogP contribution in [0.15, 0.2) is 57.8 Å². The Hall–Kier alpha value is -2.34. The predicted molar refractivity (Wildman–Crippen MR) is 125 cm³/mol. The van der Waals surface area contributed by atoms with Crippen molar-refractivity contribution in [2.75, 3.05) is 5.32 Å². The predicted octanol–water partition coefficient (Wildman–Crippen LogP) is 4.22. The number of hydrogen-bond acceptors (Lipinski definition) is 7. The Morgan fingerprint density at radius 3 is 2.38 bits per heavy atom. The second kappa shape index (κ2) is 10.5. The maximum absolute atomic E-state index is 13.0. The van der Waals surface area contributed by atoms with E-state index in [1.165, 1.54) is 47.4 Å². The topological polar surface area (TPSA) is 101 Å². The lowest BCUT2D eigenvalue weighted by Gasteiger charge is -2.21. The van der Waals surface area contributed by atoms with Crippen LogP contribution in [0.1, 0.15) is 25.0 Å². The van der Waals surface area contributed by atoms with Crippen molar-refractivity contribution >= 4 is 44.2 Å². The standard InChI is InChI=1S/C21H23FN4O3S3/c1-13(2)18(26-32(28,29)17-10-4-14(3)5-11-17)19(27)23-20-24-25-21(31-20)30-12-15-6-8-16(22)9-7-15/h4-11,13,18,26H,12H2,1-3H3,(H,23,24,27). The summed E-state index contributed by atoms with van der Waals surface area (Å²) >= 11 is 2.60. The van der Waals surface area contributed by atoms with Gasteiger partial charge in [-0.3, -0.25) is 10.1 Å². The fraction of sp³-hybridized carbons (Fsp3) is 0.286. The van der Waals surface area contributed by atoms with Gasteiger partial charge in [0.25, 0.3) is 0 Å². The third-order valence-electron chi connectivity index (χ3n) is 4.47. The van der Waals surface area contributed by atoms with E-state index >= 15 is 0 Å². The molecule has 3 aromatic rings. The molecule has 0 fully saturated rings. The Morgan fingerprint density at radius 1 is 1.09 bits per heavy atom. The lowest BCUT2D eigenvalue weighted by Crippen LogP contribution is -2.47. The van der Waals surface area contributed by atoms with Gasteiger partial charge < -0.3 is 0 Å². The molecule has 1 amide bonds. The molecule has 2 N–H and O–H groups in total. The summed E-state index contributed by atoms with van der Waals surface area (Å²) in [5, 5.41) is 10.9. The highest BCUT2D eigenvalue weighted by atomic mass is 32.2. The van der Waals surface area contributed by atoms with Crippen LogP contribution in [-0.4, -0.2) is 30.6 Å². The molecule has 11 heteroatoms. The molecule has 1 heterocycles. The normalized spacial score (nSPS) is 12.7. The van der Waals surface area contributed by atoms with Crippen LogP contribution in [0, 0.1) is 18.7 Å². The van der Waals surface area contributed by atoms with Crippen LogP contribution in [0.2, 0.25) is 0 Å². The van der Waals surface area contributed by atoms with Crippen LogP contribution in [-0.2, 0) is 20.6 Å². The molecule has 0 aliphatic heterocycles. The van der Waals surface area contributed by atoms with Crippen molar-refractivity contribution in [1.82, 2.24) is 14.9 Å². The number of anilines is 1. The Labute approximate surface area is 194 Å². The third-order valence-corrected chi connectivity index (χ3v) is 7.97. The van der Waals surface area contributed by atoms with Gasteiger partial charge in [-0.05, 0) is 42.7 Å². The van der Waals surface area contributed by atoms with Gasteiger partial charge in [0, 0.05) is 5.75 Å². The first-order valence-electron chi connectivity index (χ1n) is 9.74. The number of hydrogen-bond donors (Lipinski definition) is 2. The lowest BCUT2D eigenvalue weighted by atomic mass is 10.1. The number of sulfonamides is 1. The van der Waals surface area contributed by atoms with Crippen molar-refractivity contribution in [1.29, 1.82) is 0 Å². The Bertz CT molecular complexity index is 1160. The molecule has 32 heavy (non-hydrogen) atoms. The second-order valence-electron chi connectivity index (χ2n) is 7.43. The highest BCUT2D eigenvalue weighted by Crippen LogP contribution is 2.28. The number of nitrogens with zero attached hydrogens (tertiary/aromatic N) is 2. The fourth-order valence-electron chi connectivity index (χ4n) is 2.67. The first-order valence-corrected chi connectivity index (χ1v) is 13.0. The average Bonchev–Trinajstić information content (AvgIpc) is 3.19. The largest absolute Gasteiger partial charge is 0.299 e. The number of halogens is 1. The van der Waals surface area contributed by atoms with E-state index < -0.39 is 22.0 Å². The van der Waals surface area contributed by atoms with Crippen molar-refractivity contribution in [2.45, 2.75) is 41.8 Å². The molecule has 3 rings (SSSR count). The number of rotatable bonds is 9. The van der Waals surface area contributed by atoms with Crippen LogP contribution in [0.5, 0.6) is 0 Å². The van der Waals surface area contributed by atoms with Gasteiger partial charge in [-0.25, -0.2) is 12.8 Å². The van der Waals surface area contributed by atoms with E-state index in [9.17, 15) is 17.6 Å². The van der Waals surface area contributed by atoms with Gasteiger partial charge in [0.05, 0.1) is 4.90 Å². The summed E-state index contributed by atoms with van der Waals surface area (Å²) in [6, 6.07) is 11.6. The molecule has 2 aromatic carbocycles. The molecular formula is C21H23FN4O3S3. The average molecular weight is 495 g/mol. The quantitative estimate of drug-likeness (QED) is 0.341. The van der Waals surface area contributed by atoms with E-state index in [-0.39, 0.29) is 21.8 Å². The molecule has 0 spiro atoms. The number of aromatic nitrogens is 2. The zero-order chi connectivity index (χ0) is 23.3. The Morgan fingerprint density at radius 2 is 1.75 bits per heavy atom. The van der Waals surface area contributed by atoms with Crippen molar-refractivity contribution < 1.29 is 17.6 Å². The molecule has 170 valence electrons. The van der Waals surface area contributed by atoms with Gasteiger partial charge >= 0.3 is 0 Å². The molecule has 0 saturated carbocycles. The maximum Gasteiger partial charge on any atom is 0.244 e. The zero-order valence-corrected chi connectivity index (χ0v) is 20.2. The number of benzene rings is 2. The molecule has 0 aliphatic carbocycles. The zero-order valence-electron chi connectivity index (χ0n) is 17.7. The fourth-order valence-corrected chi connectivity index (χ4v) is 5.73. The minimum absolute atomic E-state index is 0.0944. The highest BCUT2D eigenvalue weighted by molar-refractivity contribution is 8.00. The van der Waals surface area contributed by atoms with Gasteiger partial charge in [-0.1, -0.05) is 66.8 Å². The summed E-state index contributed by atoms with van der Waals surface area (Å²) in [4.78, 5) is 12.9. The van der Waals surface area contributed by atoms with Crippen molar-refractivity contribution in [2.24, 2.45) is 5.92 Å². The summed E-state index contributed by atoms with van der Waals surface area (Å²) in [7, 11) is -3.87. The highest BCUT2D eigenvalue weighted by Gasteiger charge is 2.29. The van der Waals surface area contributed by atoms with Crippen LogP contribution in [0.25, 0.3) is 0 Å². The van der Waals surface area contributed by atoms with Gasteiger partial charge in [-0.2, -0.15) is 4.72 Å². The van der Waals surface area contributed by atoms with E-state index in [1.807, 2.05) is 6.92 Å². The van der Waals surface area contributed by atoms with Crippen LogP contribution in [0.3, 0.4) is 0 Å². The van der Waals surface area contributed by atoms with E-state index in [0.29, 0.717) is 10.1 Å². The monoisotopic (exact) mass is 494 g/mol. The molecule has 0 radical (unpaired) electrons. The lowest BCUT2D eigenvalue weighted by molar-refractivity contribution is -0.118. The summed E-state index contributed by atoms with van der Waals surface area (Å²) in [6.07, 6.45) is 0. The Balaban J connectivity index is 1.63. The summed E-state index contributed by atoms with van der Waals surface area (Å²) in [6.45, 7) is 5.38. The molecule has 1 unspecified atom stereocenters. The molecule has 1 aromatic heterocycles. The first kappa shape index (κ1) is 24.3. The molecule has 1 atom stereocenters. The third kappa shape index (κ3) is 6.58. The molecule has 0 bridgehead atoms. The van der Waals surface area contributed by atoms with E-state index in [1.54, 1.807) is 38.1 Å². The van der Waals surface area contributed by atoms with E-state index in [2.05, 4.69) is 20.2 Å². The number of nitrogens with one attached hydrogen (secondary N) is 2.